The smallest absolute Gasteiger partial charge is 0.229 e. The lowest BCUT2D eigenvalue weighted by Crippen LogP contribution is -2.48. The van der Waals surface area contributed by atoms with Gasteiger partial charge in [-0.3, -0.25) is 14.5 Å². The van der Waals surface area contributed by atoms with E-state index in [-0.39, 0.29) is 23.8 Å². The number of carbonyl (C=O) groups is 2. The molecular weight excluding hydrogens is 530 g/mol. The van der Waals surface area contributed by atoms with Crippen LogP contribution in [0.4, 0.5) is 5.69 Å². The van der Waals surface area contributed by atoms with E-state index in [1.807, 2.05) is 36.2 Å². The molecule has 1 saturated heterocycles. The van der Waals surface area contributed by atoms with Gasteiger partial charge in [0.15, 0.2) is 0 Å². The van der Waals surface area contributed by atoms with E-state index < -0.39 is 0 Å². The molecule has 0 radical (unpaired) electrons. The second-order valence-electron chi connectivity index (χ2n) is 11.7. The van der Waals surface area contributed by atoms with Crippen molar-refractivity contribution in [2.75, 3.05) is 38.1 Å². The SMILES string of the molecule is Cc1cc(N(C)C(=O)[C@H]2CC[C@H](Oc3cccc(CNC(=O)CCCN=[N+]=[N-])c3)CC2)ccc1CN1CCN[C@@H](C)C1. The lowest BCUT2D eigenvalue weighted by atomic mass is 9.86. The first-order chi connectivity index (χ1) is 20.3. The molecule has 226 valence electrons. The highest BCUT2D eigenvalue weighted by Gasteiger charge is 2.30. The van der Waals surface area contributed by atoms with Gasteiger partial charge in [0.25, 0.3) is 0 Å². The molecule has 1 heterocycles. The second-order valence-corrected chi connectivity index (χ2v) is 11.7. The fourth-order valence-corrected chi connectivity index (χ4v) is 5.86. The minimum atomic E-state index is -0.0709. The fraction of sp³-hybridized carbons (Fsp3) is 0.562. The summed E-state index contributed by atoms with van der Waals surface area (Å²) in [6, 6.07) is 14.7. The van der Waals surface area contributed by atoms with Crippen LogP contribution >= 0.6 is 0 Å². The Hall–Kier alpha value is -3.59. The molecule has 2 aromatic rings. The van der Waals surface area contributed by atoms with Crippen molar-refractivity contribution in [2.45, 2.75) is 77.6 Å². The molecule has 1 atom stereocenters. The molecule has 2 fully saturated rings. The highest BCUT2D eigenvalue weighted by atomic mass is 16.5. The van der Waals surface area contributed by atoms with E-state index in [1.54, 1.807) is 0 Å². The van der Waals surface area contributed by atoms with Crippen molar-refractivity contribution >= 4 is 17.5 Å². The molecule has 2 N–H and O–H groups in total. The van der Waals surface area contributed by atoms with Crippen molar-refractivity contribution in [1.29, 1.82) is 0 Å². The number of nitrogens with one attached hydrogen (secondary N) is 2. The topological polar surface area (TPSA) is 123 Å². The number of ether oxygens (including phenoxy) is 1. The maximum Gasteiger partial charge on any atom is 0.229 e. The number of piperazine rings is 1. The van der Waals surface area contributed by atoms with Gasteiger partial charge in [0, 0.05) is 75.3 Å². The van der Waals surface area contributed by atoms with Gasteiger partial charge in [-0.1, -0.05) is 23.3 Å². The van der Waals surface area contributed by atoms with Crippen LogP contribution in [0.1, 0.15) is 62.1 Å². The summed E-state index contributed by atoms with van der Waals surface area (Å²) in [4.78, 5) is 32.4. The summed E-state index contributed by atoms with van der Waals surface area (Å²) in [7, 11) is 1.89. The van der Waals surface area contributed by atoms with Crippen molar-refractivity contribution in [3.05, 3.63) is 69.6 Å². The van der Waals surface area contributed by atoms with Crippen LogP contribution in [-0.2, 0) is 22.7 Å². The molecule has 1 aliphatic carbocycles. The number of aryl methyl sites for hydroxylation is 1. The predicted octanol–water partition coefficient (Wildman–Crippen LogP) is 5.10. The molecule has 2 amide bonds. The molecule has 0 aromatic heterocycles. The molecule has 0 unspecified atom stereocenters. The van der Waals surface area contributed by atoms with Crippen LogP contribution in [0.15, 0.2) is 47.6 Å². The largest absolute Gasteiger partial charge is 0.490 e. The van der Waals surface area contributed by atoms with E-state index in [0.717, 1.165) is 68.9 Å². The molecule has 2 aromatic carbocycles. The van der Waals surface area contributed by atoms with Crippen LogP contribution in [0.3, 0.4) is 0 Å². The Kier molecular flexibility index (Phi) is 11.6. The molecule has 1 saturated carbocycles. The molecule has 1 aliphatic heterocycles. The normalized spacial score (nSPS) is 20.8. The van der Waals surface area contributed by atoms with Crippen LogP contribution in [-0.4, -0.2) is 62.1 Å². The van der Waals surface area contributed by atoms with E-state index in [1.165, 1.54) is 11.1 Å². The van der Waals surface area contributed by atoms with Crippen LogP contribution < -0.4 is 20.3 Å². The van der Waals surface area contributed by atoms with Crippen molar-refractivity contribution in [1.82, 2.24) is 15.5 Å². The highest BCUT2D eigenvalue weighted by Crippen LogP contribution is 2.31. The first-order valence-electron chi connectivity index (χ1n) is 15.2. The van der Waals surface area contributed by atoms with Gasteiger partial charge in [0.05, 0.1) is 6.10 Å². The van der Waals surface area contributed by atoms with Crippen molar-refractivity contribution in [3.63, 3.8) is 0 Å². The zero-order valence-corrected chi connectivity index (χ0v) is 25.2. The Bertz CT molecular complexity index is 1250. The van der Waals surface area contributed by atoms with E-state index in [0.29, 0.717) is 32.0 Å². The van der Waals surface area contributed by atoms with Crippen molar-refractivity contribution in [3.8, 4) is 5.75 Å². The summed E-state index contributed by atoms with van der Waals surface area (Å²) in [6.07, 6.45) is 4.19. The Morgan fingerprint density at radius 2 is 2.00 bits per heavy atom. The zero-order valence-electron chi connectivity index (χ0n) is 25.2. The minimum Gasteiger partial charge on any atom is -0.490 e. The summed E-state index contributed by atoms with van der Waals surface area (Å²) >= 11 is 0. The average Bonchev–Trinajstić information content (AvgIpc) is 2.99. The molecule has 10 nitrogen and oxygen atoms in total. The van der Waals surface area contributed by atoms with Gasteiger partial charge in [-0.2, -0.15) is 0 Å². The van der Waals surface area contributed by atoms with Gasteiger partial charge in [-0.05, 0) is 92.4 Å². The monoisotopic (exact) mass is 575 g/mol. The molecule has 2 aliphatic rings. The number of carbonyl (C=O) groups excluding carboxylic acids is 2. The van der Waals surface area contributed by atoms with Gasteiger partial charge in [-0.25, -0.2) is 0 Å². The molecule has 4 rings (SSSR count). The quantitative estimate of drug-likeness (QED) is 0.158. The van der Waals surface area contributed by atoms with Crippen LogP contribution in [0.25, 0.3) is 10.4 Å². The number of nitrogens with zero attached hydrogens (tertiary/aromatic N) is 5. The molecule has 42 heavy (non-hydrogen) atoms. The Morgan fingerprint density at radius 3 is 2.74 bits per heavy atom. The standard InChI is InChI=1S/C32H45N7O3/c1-23-18-28(12-9-27(23)22-39-17-16-34-24(2)21-39)38(3)32(41)26-10-13-29(14-11-26)42-30-7-4-6-25(19-30)20-35-31(40)8-5-15-36-37-33/h4,6-7,9,12,18-19,24,26,29,34H,5,8,10-11,13-17,20-22H2,1-3H3,(H,35,40)/t24-,26-,29-/m0/s1. The van der Waals surface area contributed by atoms with E-state index in [4.69, 9.17) is 10.3 Å². The molecule has 0 bridgehead atoms. The van der Waals surface area contributed by atoms with Gasteiger partial charge in [-0.15, -0.1) is 0 Å². The third-order valence-electron chi connectivity index (χ3n) is 8.33. The van der Waals surface area contributed by atoms with Crippen LogP contribution in [0, 0.1) is 12.8 Å². The molecule has 0 spiro atoms. The predicted molar refractivity (Wildman–Crippen MR) is 165 cm³/mol. The first-order valence-corrected chi connectivity index (χ1v) is 15.2. The summed E-state index contributed by atoms with van der Waals surface area (Å²) in [5.41, 5.74) is 12.8. The van der Waals surface area contributed by atoms with E-state index >= 15 is 0 Å². The molecular formula is C32H45N7O3. The van der Waals surface area contributed by atoms with Gasteiger partial charge in [0.2, 0.25) is 11.8 Å². The van der Waals surface area contributed by atoms with Crippen LogP contribution in [0.2, 0.25) is 0 Å². The minimum absolute atomic E-state index is 0.00225. The maximum absolute atomic E-state index is 13.4. The van der Waals surface area contributed by atoms with Crippen molar-refractivity contribution in [2.24, 2.45) is 11.0 Å². The third kappa shape index (κ3) is 9.21. The number of hydrogen-bond donors (Lipinski definition) is 2. The van der Waals surface area contributed by atoms with Gasteiger partial charge >= 0.3 is 0 Å². The zero-order chi connectivity index (χ0) is 29.9. The van der Waals surface area contributed by atoms with Crippen molar-refractivity contribution < 1.29 is 14.3 Å². The number of benzene rings is 2. The van der Waals surface area contributed by atoms with E-state index in [9.17, 15) is 9.59 Å². The number of rotatable bonds is 12. The number of amides is 2. The second kappa shape index (κ2) is 15.6. The summed E-state index contributed by atoms with van der Waals surface area (Å²) in [6.45, 7) is 9.19. The lowest BCUT2D eigenvalue weighted by molar-refractivity contribution is -0.123. The Balaban J connectivity index is 1.22. The maximum atomic E-state index is 13.4. The third-order valence-corrected chi connectivity index (χ3v) is 8.33. The fourth-order valence-electron chi connectivity index (χ4n) is 5.86. The lowest BCUT2D eigenvalue weighted by Gasteiger charge is -2.32. The molecule has 10 heteroatoms. The van der Waals surface area contributed by atoms with E-state index in [2.05, 4.69) is 57.6 Å². The first kappa shape index (κ1) is 31.3. The van der Waals surface area contributed by atoms with Gasteiger partial charge in [0.1, 0.15) is 5.75 Å². The average molecular weight is 576 g/mol. The Labute approximate surface area is 249 Å². The summed E-state index contributed by atoms with van der Waals surface area (Å²) in [5, 5.41) is 9.85. The number of anilines is 1. The van der Waals surface area contributed by atoms with Crippen LogP contribution in [0.5, 0.6) is 5.75 Å². The summed E-state index contributed by atoms with van der Waals surface area (Å²) in [5.74, 6) is 0.882. The number of hydrogen-bond acceptors (Lipinski definition) is 6. The Morgan fingerprint density at radius 1 is 1.19 bits per heavy atom. The van der Waals surface area contributed by atoms with Gasteiger partial charge < -0.3 is 20.3 Å². The number of azide groups is 1. The summed E-state index contributed by atoms with van der Waals surface area (Å²) < 4.78 is 6.27. The highest BCUT2D eigenvalue weighted by molar-refractivity contribution is 5.94.